The standard InChI is InChI=1S/C19H18O5S/c1-23-16-4-3-5-17(11-16)25-12-15(18(20)21)10-13-6-8-14(9-7-13)19(22)24-2/h3-11H,12H2,1-2H3,(H,20,21). The van der Waals surface area contributed by atoms with Crippen LogP contribution < -0.4 is 4.74 Å². The third-order valence-electron chi connectivity index (χ3n) is 3.38. The number of ether oxygens (including phenoxy) is 2. The zero-order valence-corrected chi connectivity index (χ0v) is 14.7. The van der Waals surface area contributed by atoms with E-state index in [4.69, 9.17) is 4.74 Å². The molecule has 130 valence electrons. The molecule has 0 spiro atoms. The number of thioether (sulfide) groups is 1. The predicted molar refractivity (Wildman–Crippen MR) is 97.1 cm³/mol. The molecule has 0 saturated heterocycles. The highest BCUT2D eigenvalue weighted by atomic mass is 32.2. The molecule has 25 heavy (non-hydrogen) atoms. The summed E-state index contributed by atoms with van der Waals surface area (Å²) >= 11 is 1.41. The predicted octanol–water partition coefficient (Wildman–Crippen LogP) is 3.74. The molecular formula is C19H18O5S. The number of carboxylic acids is 1. The number of carbonyl (C=O) groups excluding carboxylic acids is 1. The summed E-state index contributed by atoms with van der Waals surface area (Å²) in [5.41, 5.74) is 1.39. The fraction of sp³-hybridized carbons (Fsp3) is 0.158. The summed E-state index contributed by atoms with van der Waals surface area (Å²) in [6, 6.07) is 14.0. The van der Waals surface area contributed by atoms with E-state index in [1.807, 2.05) is 24.3 Å². The van der Waals surface area contributed by atoms with Crippen molar-refractivity contribution in [2.45, 2.75) is 4.90 Å². The number of hydrogen-bond acceptors (Lipinski definition) is 5. The number of rotatable bonds is 7. The van der Waals surface area contributed by atoms with Gasteiger partial charge in [0.1, 0.15) is 5.75 Å². The van der Waals surface area contributed by atoms with Gasteiger partial charge in [0, 0.05) is 16.2 Å². The molecule has 0 aliphatic rings. The van der Waals surface area contributed by atoms with Crippen LogP contribution in [0.25, 0.3) is 6.08 Å². The second-order valence-electron chi connectivity index (χ2n) is 5.06. The second kappa shape index (κ2) is 8.94. The van der Waals surface area contributed by atoms with Gasteiger partial charge < -0.3 is 14.6 Å². The van der Waals surface area contributed by atoms with Gasteiger partial charge in [-0.3, -0.25) is 0 Å². The summed E-state index contributed by atoms with van der Waals surface area (Å²) in [6.45, 7) is 0. The van der Waals surface area contributed by atoms with E-state index in [1.54, 1.807) is 37.5 Å². The van der Waals surface area contributed by atoms with Gasteiger partial charge in [-0.25, -0.2) is 9.59 Å². The number of carbonyl (C=O) groups is 2. The Morgan fingerprint density at radius 2 is 1.84 bits per heavy atom. The maximum absolute atomic E-state index is 11.5. The van der Waals surface area contributed by atoms with E-state index in [-0.39, 0.29) is 5.57 Å². The SMILES string of the molecule is COC(=O)c1ccc(C=C(CSc2cccc(OC)c2)C(=O)O)cc1. The topological polar surface area (TPSA) is 72.8 Å². The number of hydrogen-bond donors (Lipinski definition) is 1. The lowest BCUT2D eigenvalue weighted by Gasteiger charge is -2.06. The Kier molecular flexibility index (Phi) is 6.65. The Hall–Kier alpha value is -2.73. The minimum atomic E-state index is -0.979. The first-order valence-corrected chi connectivity index (χ1v) is 8.41. The lowest BCUT2D eigenvalue weighted by molar-refractivity contribution is -0.132. The molecule has 0 saturated carbocycles. The quantitative estimate of drug-likeness (QED) is 0.462. The van der Waals surface area contributed by atoms with Crippen molar-refractivity contribution in [2.75, 3.05) is 20.0 Å². The first-order valence-electron chi connectivity index (χ1n) is 7.42. The van der Waals surface area contributed by atoms with E-state index in [9.17, 15) is 14.7 Å². The molecule has 0 unspecified atom stereocenters. The molecule has 0 heterocycles. The van der Waals surface area contributed by atoms with Crippen LogP contribution in [-0.4, -0.2) is 37.0 Å². The number of carboxylic acid groups (broad SMARTS) is 1. The Balaban J connectivity index is 2.12. The summed E-state index contributed by atoms with van der Waals surface area (Å²) in [5, 5.41) is 9.41. The van der Waals surface area contributed by atoms with E-state index in [1.165, 1.54) is 18.9 Å². The van der Waals surface area contributed by atoms with Crippen LogP contribution in [0.15, 0.2) is 59.0 Å². The minimum Gasteiger partial charge on any atom is -0.497 e. The molecule has 0 radical (unpaired) electrons. The third kappa shape index (κ3) is 5.39. The normalized spacial score (nSPS) is 11.0. The van der Waals surface area contributed by atoms with Crippen molar-refractivity contribution in [2.24, 2.45) is 0 Å². The van der Waals surface area contributed by atoms with Crippen molar-refractivity contribution in [3.05, 3.63) is 65.2 Å². The molecule has 0 aliphatic carbocycles. The summed E-state index contributed by atoms with van der Waals surface area (Å²) in [6.07, 6.45) is 1.59. The molecule has 5 nitrogen and oxygen atoms in total. The first-order chi connectivity index (χ1) is 12.0. The smallest absolute Gasteiger partial charge is 0.337 e. The number of esters is 1. The van der Waals surface area contributed by atoms with Crippen molar-refractivity contribution in [1.29, 1.82) is 0 Å². The third-order valence-corrected chi connectivity index (χ3v) is 4.43. The molecule has 0 bridgehead atoms. The van der Waals surface area contributed by atoms with Crippen molar-refractivity contribution < 1.29 is 24.2 Å². The van der Waals surface area contributed by atoms with Gasteiger partial charge in [-0.15, -0.1) is 11.8 Å². The second-order valence-corrected chi connectivity index (χ2v) is 6.10. The summed E-state index contributed by atoms with van der Waals surface area (Å²) < 4.78 is 9.80. The van der Waals surface area contributed by atoms with Gasteiger partial charge >= 0.3 is 11.9 Å². The van der Waals surface area contributed by atoms with Crippen LogP contribution in [0.5, 0.6) is 5.75 Å². The summed E-state index contributed by atoms with van der Waals surface area (Å²) in [5.74, 6) is -0.374. The van der Waals surface area contributed by atoms with E-state index >= 15 is 0 Å². The average molecular weight is 358 g/mol. The zero-order valence-electron chi connectivity index (χ0n) is 13.9. The van der Waals surface area contributed by atoms with Crippen LogP contribution >= 0.6 is 11.8 Å². The van der Waals surface area contributed by atoms with Gasteiger partial charge in [-0.2, -0.15) is 0 Å². The maximum Gasteiger partial charge on any atom is 0.337 e. The molecule has 6 heteroatoms. The molecule has 0 amide bonds. The Labute approximate surface area is 150 Å². The summed E-state index contributed by atoms with van der Waals surface area (Å²) in [7, 11) is 2.90. The molecule has 0 fully saturated rings. The molecule has 0 atom stereocenters. The van der Waals surface area contributed by atoms with E-state index in [0.717, 1.165) is 10.6 Å². The minimum absolute atomic E-state index is 0.263. The van der Waals surface area contributed by atoms with Crippen LogP contribution in [0.2, 0.25) is 0 Å². The Bertz CT molecular complexity index is 781. The van der Waals surface area contributed by atoms with E-state index in [0.29, 0.717) is 16.9 Å². The Morgan fingerprint density at radius 3 is 2.44 bits per heavy atom. The molecular weight excluding hydrogens is 340 g/mol. The van der Waals surface area contributed by atoms with Gasteiger partial charge in [0.2, 0.25) is 0 Å². The molecule has 2 aromatic carbocycles. The average Bonchev–Trinajstić information content (AvgIpc) is 2.64. The van der Waals surface area contributed by atoms with Gasteiger partial charge in [0.05, 0.1) is 19.8 Å². The zero-order chi connectivity index (χ0) is 18.2. The van der Waals surface area contributed by atoms with Crippen LogP contribution in [0.4, 0.5) is 0 Å². The molecule has 0 aromatic heterocycles. The van der Waals surface area contributed by atoms with Gasteiger partial charge in [-0.1, -0.05) is 18.2 Å². The van der Waals surface area contributed by atoms with E-state index in [2.05, 4.69) is 4.74 Å². The van der Waals surface area contributed by atoms with Crippen molar-refractivity contribution in [1.82, 2.24) is 0 Å². The van der Waals surface area contributed by atoms with Crippen LogP contribution in [0.1, 0.15) is 15.9 Å². The van der Waals surface area contributed by atoms with Crippen LogP contribution in [0, 0.1) is 0 Å². The highest BCUT2D eigenvalue weighted by molar-refractivity contribution is 7.99. The monoisotopic (exact) mass is 358 g/mol. The molecule has 2 rings (SSSR count). The van der Waals surface area contributed by atoms with Gasteiger partial charge in [-0.05, 0) is 42.0 Å². The molecule has 1 N–H and O–H groups in total. The maximum atomic E-state index is 11.5. The Morgan fingerprint density at radius 1 is 1.12 bits per heavy atom. The van der Waals surface area contributed by atoms with Crippen molar-refractivity contribution in [3.63, 3.8) is 0 Å². The van der Waals surface area contributed by atoms with Crippen molar-refractivity contribution >= 4 is 29.8 Å². The molecule has 2 aromatic rings. The van der Waals surface area contributed by atoms with Crippen LogP contribution in [0.3, 0.4) is 0 Å². The summed E-state index contributed by atoms with van der Waals surface area (Å²) in [4.78, 5) is 23.8. The van der Waals surface area contributed by atoms with Crippen LogP contribution in [-0.2, 0) is 9.53 Å². The fourth-order valence-corrected chi connectivity index (χ4v) is 2.95. The largest absolute Gasteiger partial charge is 0.497 e. The highest BCUT2D eigenvalue weighted by Crippen LogP contribution is 2.25. The number of aliphatic carboxylic acids is 1. The lowest BCUT2D eigenvalue weighted by atomic mass is 10.1. The van der Waals surface area contributed by atoms with Gasteiger partial charge in [0.15, 0.2) is 0 Å². The first kappa shape index (κ1) is 18.6. The lowest BCUT2D eigenvalue weighted by Crippen LogP contribution is -2.03. The van der Waals surface area contributed by atoms with Gasteiger partial charge in [0.25, 0.3) is 0 Å². The fourth-order valence-electron chi connectivity index (χ4n) is 2.05. The highest BCUT2D eigenvalue weighted by Gasteiger charge is 2.10. The number of methoxy groups -OCH3 is 2. The number of benzene rings is 2. The van der Waals surface area contributed by atoms with E-state index < -0.39 is 11.9 Å². The van der Waals surface area contributed by atoms with Crippen molar-refractivity contribution in [3.8, 4) is 5.75 Å². The molecule has 0 aliphatic heterocycles.